The summed E-state index contributed by atoms with van der Waals surface area (Å²) < 4.78 is 5.77. The third-order valence-corrected chi connectivity index (χ3v) is 5.25. The predicted octanol–water partition coefficient (Wildman–Crippen LogP) is 2.60. The van der Waals surface area contributed by atoms with Gasteiger partial charge >= 0.3 is 0 Å². The van der Waals surface area contributed by atoms with Crippen molar-refractivity contribution in [2.24, 2.45) is 23.5 Å². The number of benzene rings is 1. The van der Waals surface area contributed by atoms with E-state index >= 15 is 0 Å². The summed E-state index contributed by atoms with van der Waals surface area (Å²) in [6, 6.07) is 7.26. The lowest BCUT2D eigenvalue weighted by atomic mass is 9.84. The van der Waals surface area contributed by atoms with Crippen LogP contribution in [-0.4, -0.2) is 24.6 Å². The molecule has 2 saturated carbocycles. The minimum atomic E-state index is -0.0973. The van der Waals surface area contributed by atoms with Crippen LogP contribution in [0.1, 0.15) is 26.2 Å². The number of amides is 1. The lowest BCUT2D eigenvalue weighted by Gasteiger charge is -2.27. The Hall–Kier alpha value is -1.26. The van der Waals surface area contributed by atoms with Gasteiger partial charge in [-0.05, 0) is 62.3 Å². The molecule has 5 atom stereocenters. The van der Waals surface area contributed by atoms with Crippen LogP contribution < -0.4 is 15.8 Å². The van der Waals surface area contributed by atoms with Crippen LogP contribution in [0.4, 0.5) is 0 Å². The monoisotopic (exact) mass is 322 g/mol. The average Bonchev–Trinajstić information content (AvgIpc) is 3.08. The van der Waals surface area contributed by atoms with Crippen LogP contribution in [0, 0.1) is 17.8 Å². The fraction of sp³-hybridized carbons (Fsp3) is 0.588. The number of ether oxygens (including phenoxy) is 1. The first-order chi connectivity index (χ1) is 10.5. The average molecular weight is 323 g/mol. The van der Waals surface area contributed by atoms with Crippen LogP contribution in [0.3, 0.4) is 0 Å². The van der Waals surface area contributed by atoms with E-state index < -0.39 is 0 Å². The quantitative estimate of drug-likeness (QED) is 0.875. The van der Waals surface area contributed by atoms with Gasteiger partial charge in [-0.2, -0.15) is 0 Å². The van der Waals surface area contributed by atoms with Gasteiger partial charge in [-0.3, -0.25) is 4.79 Å². The summed E-state index contributed by atoms with van der Waals surface area (Å²) in [5.41, 5.74) is 6.20. The number of hydrogen-bond acceptors (Lipinski definition) is 3. The van der Waals surface area contributed by atoms with Crippen molar-refractivity contribution in [2.75, 3.05) is 6.54 Å². The zero-order chi connectivity index (χ0) is 15.7. The molecule has 0 spiro atoms. The highest BCUT2D eigenvalue weighted by molar-refractivity contribution is 6.30. The maximum absolute atomic E-state index is 12.4. The standard InChI is InChI=1S/C17H23ClN2O2/c1-10(22-14-6-4-13(18)5-7-14)9-20-17(21)15-11-2-3-12(8-11)16(15)19/h4-7,10-12,15-16H,2-3,8-9,19H2,1H3,(H,20,21). The van der Waals surface area contributed by atoms with E-state index in [2.05, 4.69) is 5.32 Å². The van der Waals surface area contributed by atoms with Crippen LogP contribution in [0.25, 0.3) is 0 Å². The first-order valence-corrected chi connectivity index (χ1v) is 8.38. The largest absolute Gasteiger partial charge is 0.489 e. The van der Waals surface area contributed by atoms with Gasteiger partial charge in [0.05, 0.1) is 12.5 Å². The van der Waals surface area contributed by atoms with E-state index in [-0.39, 0.29) is 24.0 Å². The second-order valence-corrected chi connectivity index (χ2v) is 7.00. The van der Waals surface area contributed by atoms with Gasteiger partial charge in [0.2, 0.25) is 5.91 Å². The van der Waals surface area contributed by atoms with Crippen LogP contribution in [-0.2, 0) is 4.79 Å². The first kappa shape index (κ1) is 15.6. The van der Waals surface area contributed by atoms with Gasteiger partial charge < -0.3 is 15.8 Å². The smallest absolute Gasteiger partial charge is 0.225 e. The molecule has 2 bridgehead atoms. The van der Waals surface area contributed by atoms with E-state index in [4.69, 9.17) is 22.1 Å². The molecule has 5 heteroatoms. The molecule has 120 valence electrons. The molecule has 3 rings (SSSR count). The van der Waals surface area contributed by atoms with Crippen molar-refractivity contribution in [3.8, 4) is 5.75 Å². The normalized spacial score (nSPS) is 31.0. The highest BCUT2D eigenvalue weighted by Gasteiger charge is 2.48. The van der Waals surface area contributed by atoms with Crippen molar-refractivity contribution in [3.63, 3.8) is 0 Å². The van der Waals surface area contributed by atoms with E-state index in [1.807, 2.05) is 19.1 Å². The molecule has 4 nitrogen and oxygen atoms in total. The number of nitrogens with two attached hydrogens (primary N) is 1. The van der Waals surface area contributed by atoms with Crippen LogP contribution in [0.2, 0.25) is 5.02 Å². The van der Waals surface area contributed by atoms with Gasteiger partial charge in [0.15, 0.2) is 0 Å². The summed E-state index contributed by atoms with van der Waals surface area (Å²) >= 11 is 5.84. The number of nitrogens with one attached hydrogen (secondary N) is 1. The Bertz CT molecular complexity index is 532. The van der Waals surface area contributed by atoms with Crippen molar-refractivity contribution >= 4 is 17.5 Å². The van der Waals surface area contributed by atoms with Crippen LogP contribution in [0.5, 0.6) is 5.75 Å². The molecule has 0 aromatic heterocycles. The third kappa shape index (κ3) is 3.23. The molecular weight excluding hydrogens is 300 g/mol. The molecule has 3 N–H and O–H groups in total. The van der Waals surface area contributed by atoms with Crippen molar-refractivity contribution in [2.45, 2.75) is 38.3 Å². The second-order valence-electron chi connectivity index (χ2n) is 6.56. The first-order valence-electron chi connectivity index (χ1n) is 8.00. The van der Waals surface area contributed by atoms with Gasteiger partial charge in [-0.15, -0.1) is 0 Å². The second kappa shape index (κ2) is 6.47. The molecule has 0 radical (unpaired) electrons. The number of carbonyl (C=O) groups excluding carboxylic acids is 1. The van der Waals surface area contributed by atoms with E-state index in [1.165, 1.54) is 6.42 Å². The summed E-state index contributed by atoms with van der Waals surface area (Å²) in [4.78, 5) is 12.4. The lowest BCUT2D eigenvalue weighted by Crippen LogP contribution is -2.47. The van der Waals surface area contributed by atoms with Crippen molar-refractivity contribution in [1.82, 2.24) is 5.32 Å². The van der Waals surface area contributed by atoms with E-state index in [0.29, 0.717) is 23.4 Å². The zero-order valence-corrected chi connectivity index (χ0v) is 13.6. The molecule has 5 unspecified atom stereocenters. The zero-order valence-electron chi connectivity index (χ0n) is 12.8. The van der Waals surface area contributed by atoms with E-state index in [9.17, 15) is 4.79 Å². The number of rotatable bonds is 5. The third-order valence-electron chi connectivity index (χ3n) is 5.00. The Balaban J connectivity index is 1.47. The number of carbonyl (C=O) groups is 1. The highest BCUT2D eigenvalue weighted by atomic mass is 35.5. The van der Waals surface area contributed by atoms with Gasteiger partial charge in [0, 0.05) is 11.1 Å². The van der Waals surface area contributed by atoms with Crippen LogP contribution in [0.15, 0.2) is 24.3 Å². The van der Waals surface area contributed by atoms with Gasteiger partial charge in [-0.1, -0.05) is 11.6 Å². The predicted molar refractivity (Wildman–Crippen MR) is 86.8 cm³/mol. The Morgan fingerprint density at radius 1 is 1.36 bits per heavy atom. The highest BCUT2D eigenvalue weighted by Crippen LogP contribution is 2.47. The van der Waals surface area contributed by atoms with Crippen LogP contribution >= 0.6 is 11.6 Å². The summed E-state index contributed by atoms with van der Waals surface area (Å²) in [5, 5.41) is 3.68. The molecule has 0 heterocycles. The minimum absolute atomic E-state index is 0.0125. The Kier molecular flexibility index (Phi) is 4.59. The van der Waals surface area contributed by atoms with Crippen molar-refractivity contribution in [1.29, 1.82) is 0 Å². The topological polar surface area (TPSA) is 64.4 Å². The van der Waals surface area contributed by atoms with Crippen molar-refractivity contribution in [3.05, 3.63) is 29.3 Å². The molecule has 1 aromatic rings. The van der Waals surface area contributed by atoms with Crippen molar-refractivity contribution < 1.29 is 9.53 Å². The van der Waals surface area contributed by atoms with Gasteiger partial charge in [0.1, 0.15) is 11.9 Å². The molecule has 0 aliphatic heterocycles. The minimum Gasteiger partial charge on any atom is -0.489 e. The Morgan fingerprint density at radius 3 is 2.68 bits per heavy atom. The fourth-order valence-electron chi connectivity index (χ4n) is 3.87. The maximum Gasteiger partial charge on any atom is 0.225 e. The molecule has 2 aliphatic rings. The lowest BCUT2D eigenvalue weighted by molar-refractivity contribution is -0.127. The molecule has 1 aromatic carbocycles. The van der Waals surface area contributed by atoms with Gasteiger partial charge in [-0.25, -0.2) is 0 Å². The fourth-order valence-corrected chi connectivity index (χ4v) is 4.00. The maximum atomic E-state index is 12.4. The molecule has 0 saturated heterocycles. The number of fused-ring (bicyclic) bond motifs is 2. The van der Waals surface area contributed by atoms with E-state index in [0.717, 1.165) is 18.6 Å². The number of hydrogen-bond donors (Lipinski definition) is 2. The molecule has 1 amide bonds. The summed E-state index contributed by atoms with van der Waals surface area (Å²) in [7, 11) is 0. The Morgan fingerprint density at radius 2 is 2.05 bits per heavy atom. The Labute approximate surface area is 136 Å². The van der Waals surface area contributed by atoms with E-state index in [1.54, 1.807) is 12.1 Å². The van der Waals surface area contributed by atoms with Gasteiger partial charge in [0.25, 0.3) is 0 Å². The molecule has 2 fully saturated rings. The summed E-state index contributed by atoms with van der Waals surface area (Å²) in [6.45, 7) is 2.43. The number of halogens is 1. The molecular formula is C17H23ClN2O2. The molecule has 2 aliphatic carbocycles. The SMILES string of the molecule is CC(CNC(=O)C1C2CCC(C2)C1N)Oc1ccc(Cl)cc1. The summed E-state index contributed by atoms with van der Waals surface area (Å²) in [6.07, 6.45) is 3.36. The summed E-state index contributed by atoms with van der Waals surface area (Å²) in [5.74, 6) is 1.85. The molecule has 22 heavy (non-hydrogen) atoms.